The molecule has 0 saturated carbocycles. The second-order valence-electron chi connectivity index (χ2n) is 7.39. The molecule has 0 aliphatic carbocycles. The molecule has 3 nitrogen and oxygen atoms in total. The van der Waals surface area contributed by atoms with Crippen molar-refractivity contribution < 1.29 is 0 Å². The lowest BCUT2D eigenvalue weighted by molar-refractivity contribution is 0.0958. The summed E-state index contributed by atoms with van der Waals surface area (Å²) in [5, 5.41) is 0. The van der Waals surface area contributed by atoms with Gasteiger partial charge >= 0.3 is 0 Å². The van der Waals surface area contributed by atoms with Gasteiger partial charge in [-0.3, -0.25) is 4.90 Å². The summed E-state index contributed by atoms with van der Waals surface area (Å²) in [5.74, 6) is 0.919. The fourth-order valence-corrected chi connectivity index (χ4v) is 4.41. The second-order valence-corrected chi connectivity index (χ2v) is 7.39. The molecule has 0 aromatic rings. The molecule has 3 aliphatic rings. The van der Waals surface area contributed by atoms with Crippen LogP contribution in [0.3, 0.4) is 0 Å². The average molecular weight is 279 g/mol. The van der Waals surface area contributed by atoms with Crippen molar-refractivity contribution in [1.82, 2.24) is 14.7 Å². The van der Waals surface area contributed by atoms with Gasteiger partial charge in [0.25, 0.3) is 0 Å². The fourth-order valence-electron chi connectivity index (χ4n) is 4.41. The van der Waals surface area contributed by atoms with Gasteiger partial charge in [-0.15, -0.1) is 0 Å². The summed E-state index contributed by atoms with van der Waals surface area (Å²) < 4.78 is 0. The van der Waals surface area contributed by atoms with Crippen molar-refractivity contribution in [2.75, 3.05) is 52.4 Å². The van der Waals surface area contributed by atoms with Crippen molar-refractivity contribution in [3.05, 3.63) is 0 Å². The number of hydrogen-bond acceptors (Lipinski definition) is 3. The van der Waals surface area contributed by atoms with Crippen LogP contribution >= 0.6 is 0 Å². The molecular formula is C17H33N3. The molecule has 0 radical (unpaired) electrons. The molecule has 3 fully saturated rings. The molecule has 3 heteroatoms. The first-order valence-corrected chi connectivity index (χ1v) is 9.00. The molecule has 0 amide bonds. The normalized spacial score (nSPS) is 34.6. The standard InChI is InChI=1S/C17H33N3/c1-16-6-4-8-18(14-16)12-13-19-9-5-7-17(15-19)20-10-2-3-11-20/h16-17H,2-15H2,1H3/t16-,17-/m1/s1. The van der Waals surface area contributed by atoms with Gasteiger partial charge < -0.3 is 9.80 Å². The summed E-state index contributed by atoms with van der Waals surface area (Å²) >= 11 is 0. The van der Waals surface area contributed by atoms with E-state index in [0.717, 1.165) is 12.0 Å². The number of hydrogen-bond donors (Lipinski definition) is 0. The van der Waals surface area contributed by atoms with E-state index in [1.54, 1.807) is 0 Å². The molecule has 3 rings (SSSR count). The molecule has 3 aliphatic heterocycles. The van der Waals surface area contributed by atoms with Gasteiger partial charge in [0.2, 0.25) is 0 Å². The number of likely N-dealkylation sites (tertiary alicyclic amines) is 3. The molecule has 3 heterocycles. The quantitative estimate of drug-likeness (QED) is 0.782. The van der Waals surface area contributed by atoms with Gasteiger partial charge in [-0.1, -0.05) is 6.92 Å². The van der Waals surface area contributed by atoms with E-state index in [1.165, 1.54) is 90.9 Å². The maximum absolute atomic E-state index is 2.76. The maximum Gasteiger partial charge on any atom is 0.0223 e. The van der Waals surface area contributed by atoms with Crippen molar-refractivity contribution >= 4 is 0 Å². The molecule has 0 aromatic heterocycles. The minimum Gasteiger partial charge on any atom is -0.302 e. The Labute approximate surface area is 125 Å². The lowest BCUT2D eigenvalue weighted by Crippen LogP contribution is -2.49. The van der Waals surface area contributed by atoms with Crippen LogP contribution < -0.4 is 0 Å². The van der Waals surface area contributed by atoms with E-state index in [9.17, 15) is 0 Å². The lowest BCUT2D eigenvalue weighted by Gasteiger charge is -2.39. The zero-order valence-corrected chi connectivity index (χ0v) is 13.4. The van der Waals surface area contributed by atoms with Crippen LogP contribution in [-0.4, -0.2) is 73.1 Å². The zero-order chi connectivity index (χ0) is 13.8. The van der Waals surface area contributed by atoms with Gasteiger partial charge in [0.1, 0.15) is 0 Å². The molecule has 20 heavy (non-hydrogen) atoms. The molecule has 0 N–H and O–H groups in total. The maximum atomic E-state index is 2.76. The fraction of sp³-hybridized carbons (Fsp3) is 1.00. The molecule has 0 aromatic carbocycles. The van der Waals surface area contributed by atoms with Crippen molar-refractivity contribution in [1.29, 1.82) is 0 Å². The highest BCUT2D eigenvalue weighted by Gasteiger charge is 2.27. The monoisotopic (exact) mass is 279 g/mol. The second kappa shape index (κ2) is 7.24. The van der Waals surface area contributed by atoms with Gasteiger partial charge in [0, 0.05) is 32.2 Å². The van der Waals surface area contributed by atoms with Crippen LogP contribution in [0.25, 0.3) is 0 Å². The van der Waals surface area contributed by atoms with Gasteiger partial charge in [0.05, 0.1) is 0 Å². The van der Waals surface area contributed by atoms with Crippen LogP contribution in [0.15, 0.2) is 0 Å². The van der Waals surface area contributed by atoms with Crippen LogP contribution in [0, 0.1) is 5.92 Å². The van der Waals surface area contributed by atoms with E-state index in [0.29, 0.717) is 0 Å². The van der Waals surface area contributed by atoms with Crippen molar-refractivity contribution in [3.8, 4) is 0 Å². The topological polar surface area (TPSA) is 9.72 Å². The third-order valence-electron chi connectivity index (χ3n) is 5.61. The molecular weight excluding hydrogens is 246 g/mol. The number of piperidine rings is 2. The van der Waals surface area contributed by atoms with Crippen LogP contribution in [0.1, 0.15) is 45.4 Å². The van der Waals surface area contributed by atoms with Crippen LogP contribution in [-0.2, 0) is 0 Å². The molecule has 0 spiro atoms. The third kappa shape index (κ3) is 3.96. The number of rotatable bonds is 4. The van der Waals surface area contributed by atoms with Gasteiger partial charge in [-0.05, 0) is 70.6 Å². The van der Waals surface area contributed by atoms with E-state index in [4.69, 9.17) is 0 Å². The van der Waals surface area contributed by atoms with Crippen LogP contribution in [0.2, 0.25) is 0 Å². The van der Waals surface area contributed by atoms with Gasteiger partial charge in [0.15, 0.2) is 0 Å². The predicted molar refractivity (Wildman–Crippen MR) is 85.1 cm³/mol. The Morgan fingerprint density at radius 3 is 2.10 bits per heavy atom. The number of nitrogens with zero attached hydrogens (tertiary/aromatic N) is 3. The van der Waals surface area contributed by atoms with Crippen molar-refractivity contribution in [3.63, 3.8) is 0 Å². The first-order valence-electron chi connectivity index (χ1n) is 9.00. The highest BCUT2D eigenvalue weighted by molar-refractivity contribution is 4.84. The minimum absolute atomic E-state index is 0.867. The summed E-state index contributed by atoms with van der Waals surface area (Å²) in [7, 11) is 0. The van der Waals surface area contributed by atoms with Crippen molar-refractivity contribution in [2.24, 2.45) is 5.92 Å². The van der Waals surface area contributed by atoms with E-state index >= 15 is 0 Å². The molecule has 0 unspecified atom stereocenters. The Morgan fingerprint density at radius 1 is 0.750 bits per heavy atom. The SMILES string of the molecule is C[C@@H]1CCCN(CCN2CCC[C@@H](N3CCCC3)C2)C1. The van der Waals surface area contributed by atoms with E-state index in [-0.39, 0.29) is 0 Å². The van der Waals surface area contributed by atoms with Gasteiger partial charge in [-0.25, -0.2) is 0 Å². The highest BCUT2D eigenvalue weighted by Crippen LogP contribution is 2.21. The molecule has 2 atom stereocenters. The Balaban J connectivity index is 1.40. The van der Waals surface area contributed by atoms with Crippen LogP contribution in [0.5, 0.6) is 0 Å². The third-order valence-corrected chi connectivity index (χ3v) is 5.61. The summed E-state index contributed by atoms with van der Waals surface area (Å²) in [6.45, 7) is 13.1. The van der Waals surface area contributed by atoms with E-state index in [1.807, 2.05) is 0 Å². The summed E-state index contributed by atoms with van der Waals surface area (Å²) in [4.78, 5) is 8.20. The summed E-state index contributed by atoms with van der Waals surface area (Å²) in [5.41, 5.74) is 0. The van der Waals surface area contributed by atoms with E-state index < -0.39 is 0 Å². The zero-order valence-electron chi connectivity index (χ0n) is 13.4. The first-order chi connectivity index (χ1) is 9.81. The average Bonchev–Trinajstić information content (AvgIpc) is 3.00. The summed E-state index contributed by atoms with van der Waals surface area (Å²) in [6, 6.07) is 0.867. The Hall–Kier alpha value is -0.120. The summed E-state index contributed by atoms with van der Waals surface area (Å²) in [6.07, 6.45) is 8.58. The molecule has 3 saturated heterocycles. The minimum atomic E-state index is 0.867. The molecule has 0 bridgehead atoms. The van der Waals surface area contributed by atoms with Crippen LogP contribution in [0.4, 0.5) is 0 Å². The smallest absolute Gasteiger partial charge is 0.0223 e. The van der Waals surface area contributed by atoms with Gasteiger partial charge in [-0.2, -0.15) is 0 Å². The largest absolute Gasteiger partial charge is 0.302 e. The Morgan fingerprint density at radius 2 is 1.40 bits per heavy atom. The lowest BCUT2D eigenvalue weighted by atomic mass is 10.0. The van der Waals surface area contributed by atoms with Crippen molar-refractivity contribution in [2.45, 2.75) is 51.5 Å². The molecule has 116 valence electrons. The highest BCUT2D eigenvalue weighted by atomic mass is 15.3. The predicted octanol–water partition coefficient (Wildman–Crippen LogP) is 2.28. The van der Waals surface area contributed by atoms with E-state index in [2.05, 4.69) is 21.6 Å². The Bertz CT molecular complexity index is 288. The first kappa shape index (κ1) is 14.8. The Kier molecular flexibility index (Phi) is 5.36.